The van der Waals surface area contributed by atoms with Gasteiger partial charge in [0, 0.05) is 29.2 Å². The Kier molecular flexibility index (Phi) is 3.38. The SMILES string of the molecule is COC(=O)c1nc(-c2cccc(Cl)c2)nc2c1CNC2. The van der Waals surface area contributed by atoms with Crippen LogP contribution in [0.3, 0.4) is 0 Å². The van der Waals surface area contributed by atoms with E-state index in [-0.39, 0.29) is 0 Å². The summed E-state index contributed by atoms with van der Waals surface area (Å²) in [6.45, 7) is 1.20. The maximum Gasteiger partial charge on any atom is 0.357 e. The Hall–Kier alpha value is -1.98. The summed E-state index contributed by atoms with van der Waals surface area (Å²) in [5, 5.41) is 3.76. The van der Waals surface area contributed by atoms with Crippen molar-refractivity contribution in [3.8, 4) is 11.4 Å². The number of carbonyl (C=O) groups is 1. The molecule has 5 nitrogen and oxygen atoms in total. The molecule has 0 saturated carbocycles. The normalized spacial score (nSPS) is 13.1. The largest absolute Gasteiger partial charge is 0.464 e. The molecule has 0 fully saturated rings. The number of hydrogen-bond donors (Lipinski definition) is 1. The van der Waals surface area contributed by atoms with Crippen LogP contribution >= 0.6 is 11.6 Å². The van der Waals surface area contributed by atoms with Gasteiger partial charge < -0.3 is 10.1 Å². The van der Waals surface area contributed by atoms with Gasteiger partial charge in [-0.05, 0) is 12.1 Å². The van der Waals surface area contributed by atoms with Crippen LogP contribution < -0.4 is 5.32 Å². The topological polar surface area (TPSA) is 64.1 Å². The Morgan fingerprint density at radius 2 is 2.20 bits per heavy atom. The highest BCUT2D eigenvalue weighted by Crippen LogP contribution is 2.24. The first kappa shape index (κ1) is 13.0. The van der Waals surface area contributed by atoms with Gasteiger partial charge in [0.1, 0.15) is 0 Å². The molecule has 1 aliphatic rings. The molecule has 102 valence electrons. The average molecular weight is 290 g/mol. The second kappa shape index (κ2) is 5.19. The number of halogens is 1. The first-order valence-electron chi connectivity index (χ1n) is 6.14. The van der Waals surface area contributed by atoms with Crippen molar-refractivity contribution in [1.82, 2.24) is 15.3 Å². The summed E-state index contributed by atoms with van der Waals surface area (Å²) >= 11 is 5.98. The molecule has 0 saturated heterocycles. The Bertz CT molecular complexity index is 688. The summed E-state index contributed by atoms with van der Waals surface area (Å²) in [7, 11) is 1.35. The van der Waals surface area contributed by atoms with Crippen LogP contribution in [0, 0.1) is 0 Å². The number of nitrogens with zero attached hydrogens (tertiary/aromatic N) is 2. The minimum atomic E-state index is -0.448. The van der Waals surface area contributed by atoms with Gasteiger partial charge >= 0.3 is 5.97 Å². The van der Waals surface area contributed by atoms with Gasteiger partial charge in [-0.25, -0.2) is 14.8 Å². The lowest BCUT2D eigenvalue weighted by atomic mass is 10.1. The lowest BCUT2D eigenvalue weighted by Crippen LogP contribution is -2.11. The Morgan fingerprint density at radius 3 is 2.95 bits per heavy atom. The van der Waals surface area contributed by atoms with E-state index in [0.29, 0.717) is 29.6 Å². The van der Waals surface area contributed by atoms with Gasteiger partial charge in [-0.15, -0.1) is 0 Å². The molecule has 1 aromatic heterocycles. The average Bonchev–Trinajstić information content (AvgIpc) is 2.93. The molecular formula is C14H12ClN3O2. The summed E-state index contributed by atoms with van der Waals surface area (Å²) in [4.78, 5) is 20.7. The number of hydrogen-bond acceptors (Lipinski definition) is 5. The fourth-order valence-electron chi connectivity index (χ4n) is 2.19. The van der Waals surface area contributed by atoms with Crippen molar-refractivity contribution in [2.24, 2.45) is 0 Å². The molecule has 0 spiro atoms. The van der Waals surface area contributed by atoms with E-state index >= 15 is 0 Å². The predicted octanol–water partition coefficient (Wildman–Crippen LogP) is 2.19. The number of nitrogens with one attached hydrogen (secondary N) is 1. The van der Waals surface area contributed by atoms with Crippen LogP contribution in [0.1, 0.15) is 21.7 Å². The number of rotatable bonds is 2. The van der Waals surface area contributed by atoms with Crippen LogP contribution in [0.15, 0.2) is 24.3 Å². The zero-order valence-electron chi connectivity index (χ0n) is 10.8. The smallest absolute Gasteiger partial charge is 0.357 e. The zero-order valence-corrected chi connectivity index (χ0v) is 11.6. The van der Waals surface area contributed by atoms with Gasteiger partial charge in [0.2, 0.25) is 0 Å². The number of methoxy groups -OCH3 is 1. The molecule has 3 rings (SSSR count). The molecule has 1 N–H and O–H groups in total. The molecular weight excluding hydrogens is 278 g/mol. The number of benzene rings is 1. The molecule has 0 unspecified atom stereocenters. The minimum Gasteiger partial charge on any atom is -0.464 e. The lowest BCUT2D eigenvalue weighted by molar-refractivity contribution is 0.0592. The first-order valence-corrected chi connectivity index (χ1v) is 6.51. The third-order valence-corrected chi connectivity index (χ3v) is 3.38. The van der Waals surface area contributed by atoms with Crippen molar-refractivity contribution >= 4 is 17.6 Å². The van der Waals surface area contributed by atoms with Gasteiger partial charge in [0.05, 0.1) is 12.8 Å². The van der Waals surface area contributed by atoms with E-state index < -0.39 is 5.97 Å². The lowest BCUT2D eigenvalue weighted by Gasteiger charge is -2.08. The Balaban J connectivity index is 2.16. The summed E-state index contributed by atoms with van der Waals surface area (Å²) in [6.07, 6.45) is 0. The standard InChI is InChI=1S/C14H12ClN3O2/c1-20-14(19)12-10-6-16-7-11(10)17-13(18-12)8-3-2-4-9(15)5-8/h2-5,16H,6-7H2,1H3. The molecule has 0 bridgehead atoms. The van der Waals surface area contributed by atoms with E-state index in [1.54, 1.807) is 12.1 Å². The second-order valence-corrected chi connectivity index (χ2v) is 4.86. The summed E-state index contributed by atoms with van der Waals surface area (Å²) < 4.78 is 4.79. The zero-order chi connectivity index (χ0) is 14.1. The number of aromatic nitrogens is 2. The molecule has 6 heteroatoms. The van der Waals surface area contributed by atoms with Crippen LogP contribution in [0.5, 0.6) is 0 Å². The fraction of sp³-hybridized carbons (Fsp3) is 0.214. The second-order valence-electron chi connectivity index (χ2n) is 4.43. The Morgan fingerprint density at radius 1 is 1.35 bits per heavy atom. The van der Waals surface area contributed by atoms with E-state index in [1.165, 1.54) is 7.11 Å². The van der Waals surface area contributed by atoms with Crippen LogP contribution in [-0.4, -0.2) is 23.0 Å². The summed E-state index contributed by atoms with van der Waals surface area (Å²) in [6, 6.07) is 7.23. The minimum absolute atomic E-state index is 0.317. The highest BCUT2D eigenvalue weighted by molar-refractivity contribution is 6.30. The van der Waals surface area contributed by atoms with Crippen LogP contribution in [0.25, 0.3) is 11.4 Å². The van der Waals surface area contributed by atoms with Gasteiger partial charge in [-0.2, -0.15) is 0 Å². The fourth-order valence-corrected chi connectivity index (χ4v) is 2.38. The third-order valence-electron chi connectivity index (χ3n) is 3.15. The maximum absolute atomic E-state index is 11.9. The van der Waals surface area contributed by atoms with Gasteiger partial charge in [-0.3, -0.25) is 0 Å². The van der Waals surface area contributed by atoms with Crippen molar-refractivity contribution in [2.45, 2.75) is 13.1 Å². The quantitative estimate of drug-likeness (QED) is 0.859. The summed E-state index contributed by atoms with van der Waals surface area (Å²) in [5.74, 6) is 0.0333. The van der Waals surface area contributed by atoms with E-state index in [2.05, 4.69) is 15.3 Å². The van der Waals surface area contributed by atoms with Crippen molar-refractivity contribution in [2.75, 3.05) is 7.11 Å². The maximum atomic E-state index is 11.9. The first-order chi connectivity index (χ1) is 9.69. The molecule has 2 aromatic rings. The van der Waals surface area contributed by atoms with Gasteiger partial charge in [-0.1, -0.05) is 23.7 Å². The number of esters is 1. The van der Waals surface area contributed by atoms with E-state index in [0.717, 1.165) is 16.8 Å². The van der Waals surface area contributed by atoms with Gasteiger partial charge in [0.25, 0.3) is 0 Å². The molecule has 0 radical (unpaired) electrons. The van der Waals surface area contributed by atoms with Crippen LogP contribution in [0.4, 0.5) is 0 Å². The molecule has 1 aliphatic heterocycles. The number of ether oxygens (including phenoxy) is 1. The van der Waals surface area contributed by atoms with E-state index in [9.17, 15) is 4.79 Å². The molecule has 0 amide bonds. The summed E-state index contributed by atoms with van der Waals surface area (Å²) in [5.41, 5.74) is 2.73. The van der Waals surface area contributed by atoms with E-state index in [1.807, 2.05) is 12.1 Å². The van der Waals surface area contributed by atoms with Crippen molar-refractivity contribution < 1.29 is 9.53 Å². The molecule has 2 heterocycles. The van der Waals surface area contributed by atoms with E-state index in [4.69, 9.17) is 16.3 Å². The third kappa shape index (κ3) is 2.26. The van der Waals surface area contributed by atoms with Crippen molar-refractivity contribution in [3.05, 3.63) is 46.2 Å². The van der Waals surface area contributed by atoms with Crippen molar-refractivity contribution in [1.29, 1.82) is 0 Å². The van der Waals surface area contributed by atoms with Crippen LogP contribution in [-0.2, 0) is 17.8 Å². The monoisotopic (exact) mass is 289 g/mol. The number of carbonyl (C=O) groups excluding carboxylic acids is 1. The highest BCUT2D eigenvalue weighted by atomic mass is 35.5. The molecule has 1 aromatic carbocycles. The van der Waals surface area contributed by atoms with Crippen molar-refractivity contribution in [3.63, 3.8) is 0 Å². The highest BCUT2D eigenvalue weighted by Gasteiger charge is 2.24. The molecule has 0 atom stereocenters. The van der Waals surface area contributed by atoms with Gasteiger partial charge in [0.15, 0.2) is 11.5 Å². The Labute approximate surface area is 121 Å². The van der Waals surface area contributed by atoms with Crippen LogP contribution in [0.2, 0.25) is 5.02 Å². The predicted molar refractivity (Wildman–Crippen MR) is 74.4 cm³/mol. The molecule has 0 aliphatic carbocycles. The number of fused-ring (bicyclic) bond motifs is 1. The molecule has 20 heavy (non-hydrogen) atoms.